The Morgan fingerprint density at radius 1 is 1.58 bits per heavy atom. The van der Waals surface area contributed by atoms with Crippen LogP contribution in [-0.4, -0.2) is 35.6 Å². The average Bonchev–Trinajstić information content (AvgIpc) is 2.33. The van der Waals surface area contributed by atoms with Crippen LogP contribution >= 0.6 is 0 Å². The molecule has 3 nitrogen and oxygen atoms in total. The number of likely N-dealkylation sites (N-methyl/N-ethyl adjacent to an activating group) is 1. The average molecular weight is 171 g/mol. The first-order valence-electron chi connectivity index (χ1n) is 4.53. The van der Waals surface area contributed by atoms with Gasteiger partial charge in [-0.1, -0.05) is 13.3 Å². The van der Waals surface area contributed by atoms with Gasteiger partial charge in [-0.3, -0.25) is 9.69 Å². The van der Waals surface area contributed by atoms with Gasteiger partial charge in [0.15, 0.2) is 0 Å². The molecule has 1 fully saturated rings. The van der Waals surface area contributed by atoms with Crippen LogP contribution in [0.15, 0.2) is 0 Å². The molecule has 1 N–H and O–H groups in total. The molecule has 1 rings (SSSR count). The third kappa shape index (κ3) is 2.21. The van der Waals surface area contributed by atoms with E-state index in [0.717, 1.165) is 6.42 Å². The quantitative estimate of drug-likeness (QED) is 0.693. The molecule has 0 heterocycles. The Balaban J connectivity index is 2.40. The predicted molar refractivity (Wildman–Crippen MR) is 47.1 cm³/mol. The number of carboxylic acids is 1. The molecule has 0 aromatic heterocycles. The van der Waals surface area contributed by atoms with Gasteiger partial charge in [-0.2, -0.15) is 0 Å². The van der Waals surface area contributed by atoms with Crippen molar-refractivity contribution < 1.29 is 9.90 Å². The standard InChI is InChI=1S/C9H17NO2/c1-7-4-3-5-8(7)10(2)6-9(11)12/h7-8H,3-6H2,1-2H3,(H,11,12)/t7-,8?/m0/s1. The number of carbonyl (C=O) groups is 1. The van der Waals surface area contributed by atoms with Crippen LogP contribution in [0.1, 0.15) is 26.2 Å². The molecule has 12 heavy (non-hydrogen) atoms. The lowest BCUT2D eigenvalue weighted by atomic mass is 10.1. The van der Waals surface area contributed by atoms with Gasteiger partial charge in [-0.25, -0.2) is 0 Å². The summed E-state index contributed by atoms with van der Waals surface area (Å²) in [5.74, 6) is -0.0639. The van der Waals surface area contributed by atoms with Gasteiger partial charge in [0.1, 0.15) is 0 Å². The fourth-order valence-corrected chi connectivity index (χ4v) is 2.11. The van der Waals surface area contributed by atoms with Gasteiger partial charge in [-0.15, -0.1) is 0 Å². The van der Waals surface area contributed by atoms with Gasteiger partial charge >= 0.3 is 5.97 Å². The summed E-state index contributed by atoms with van der Waals surface area (Å²) in [6.45, 7) is 2.38. The minimum absolute atomic E-state index is 0.176. The summed E-state index contributed by atoms with van der Waals surface area (Å²) >= 11 is 0. The maximum absolute atomic E-state index is 10.4. The number of hydrogen-bond acceptors (Lipinski definition) is 2. The zero-order valence-corrected chi connectivity index (χ0v) is 7.79. The van der Waals surface area contributed by atoms with E-state index in [4.69, 9.17) is 5.11 Å². The van der Waals surface area contributed by atoms with E-state index in [0.29, 0.717) is 12.0 Å². The lowest BCUT2D eigenvalue weighted by Crippen LogP contribution is -2.37. The van der Waals surface area contributed by atoms with E-state index < -0.39 is 5.97 Å². The molecule has 0 aliphatic heterocycles. The summed E-state index contributed by atoms with van der Waals surface area (Å²) < 4.78 is 0. The molecule has 0 aromatic carbocycles. The summed E-state index contributed by atoms with van der Waals surface area (Å²) in [7, 11) is 1.90. The number of hydrogen-bond donors (Lipinski definition) is 1. The second kappa shape index (κ2) is 3.90. The van der Waals surface area contributed by atoms with Crippen molar-refractivity contribution in [1.82, 2.24) is 4.90 Å². The van der Waals surface area contributed by atoms with Gasteiger partial charge in [0.05, 0.1) is 6.54 Å². The molecular formula is C9H17NO2. The second-order valence-corrected chi connectivity index (χ2v) is 3.78. The van der Waals surface area contributed by atoms with Crippen molar-refractivity contribution in [2.75, 3.05) is 13.6 Å². The molecule has 1 aliphatic carbocycles. The lowest BCUT2D eigenvalue weighted by molar-refractivity contribution is -0.138. The van der Waals surface area contributed by atoms with Crippen LogP contribution in [0, 0.1) is 5.92 Å². The van der Waals surface area contributed by atoms with Gasteiger partial charge in [-0.05, 0) is 25.8 Å². The van der Waals surface area contributed by atoms with Crippen molar-refractivity contribution in [2.24, 2.45) is 5.92 Å². The zero-order valence-electron chi connectivity index (χ0n) is 7.79. The SMILES string of the molecule is C[C@H]1CCCC1N(C)CC(=O)O. The molecule has 0 saturated heterocycles. The maximum atomic E-state index is 10.4. The van der Waals surface area contributed by atoms with Crippen LogP contribution in [0.2, 0.25) is 0 Å². The Bertz CT molecular complexity index is 170. The fraction of sp³-hybridized carbons (Fsp3) is 0.889. The first kappa shape index (κ1) is 9.52. The van der Waals surface area contributed by atoms with Crippen molar-refractivity contribution in [3.05, 3.63) is 0 Å². The van der Waals surface area contributed by atoms with Crippen molar-refractivity contribution in [1.29, 1.82) is 0 Å². The summed E-state index contributed by atoms with van der Waals surface area (Å²) in [6.07, 6.45) is 3.65. The van der Waals surface area contributed by atoms with Crippen molar-refractivity contribution in [2.45, 2.75) is 32.2 Å². The Morgan fingerprint density at radius 2 is 2.25 bits per heavy atom. The Kier molecular flexibility index (Phi) is 3.09. The third-order valence-corrected chi connectivity index (χ3v) is 2.77. The zero-order chi connectivity index (χ0) is 9.14. The molecule has 0 aromatic rings. The monoisotopic (exact) mass is 171 g/mol. The first-order chi connectivity index (χ1) is 5.61. The second-order valence-electron chi connectivity index (χ2n) is 3.78. The Hall–Kier alpha value is -0.570. The highest BCUT2D eigenvalue weighted by atomic mass is 16.4. The van der Waals surface area contributed by atoms with E-state index in [1.807, 2.05) is 11.9 Å². The summed E-state index contributed by atoms with van der Waals surface area (Å²) in [6, 6.07) is 0.487. The minimum atomic E-state index is -0.725. The first-order valence-corrected chi connectivity index (χ1v) is 4.53. The smallest absolute Gasteiger partial charge is 0.317 e. The predicted octanol–water partition coefficient (Wildman–Crippen LogP) is 1.19. The molecule has 0 radical (unpaired) electrons. The van der Waals surface area contributed by atoms with Crippen molar-refractivity contribution in [3.8, 4) is 0 Å². The van der Waals surface area contributed by atoms with Crippen LogP contribution in [0.3, 0.4) is 0 Å². The normalized spacial score (nSPS) is 29.6. The minimum Gasteiger partial charge on any atom is -0.480 e. The highest BCUT2D eigenvalue weighted by molar-refractivity contribution is 5.69. The number of aliphatic carboxylic acids is 1. The highest BCUT2D eigenvalue weighted by Gasteiger charge is 2.27. The highest BCUT2D eigenvalue weighted by Crippen LogP contribution is 2.28. The topological polar surface area (TPSA) is 40.5 Å². The summed E-state index contributed by atoms with van der Waals surface area (Å²) in [4.78, 5) is 12.4. The van der Waals surface area contributed by atoms with Crippen molar-refractivity contribution in [3.63, 3.8) is 0 Å². The molecule has 1 aliphatic rings. The Morgan fingerprint density at radius 3 is 2.67 bits per heavy atom. The summed E-state index contributed by atoms with van der Waals surface area (Å²) in [5, 5.41) is 8.59. The van der Waals surface area contributed by atoms with Gasteiger partial charge in [0.2, 0.25) is 0 Å². The molecule has 1 unspecified atom stereocenters. The number of carboxylic acid groups (broad SMARTS) is 1. The van der Waals surface area contributed by atoms with E-state index in [-0.39, 0.29) is 6.54 Å². The van der Waals surface area contributed by atoms with E-state index in [2.05, 4.69) is 6.92 Å². The van der Waals surface area contributed by atoms with E-state index in [9.17, 15) is 4.79 Å². The van der Waals surface area contributed by atoms with Crippen LogP contribution < -0.4 is 0 Å². The molecule has 70 valence electrons. The number of rotatable bonds is 3. The van der Waals surface area contributed by atoms with Gasteiger partial charge < -0.3 is 5.11 Å². The molecule has 0 amide bonds. The van der Waals surface area contributed by atoms with E-state index >= 15 is 0 Å². The molecule has 3 heteroatoms. The molecule has 0 bridgehead atoms. The Labute approximate surface area is 73.4 Å². The fourth-order valence-electron chi connectivity index (χ4n) is 2.11. The largest absolute Gasteiger partial charge is 0.480 e. The van der Waals surface area contributed by atoms with Crippen LogP contribution in [0.5, 0.6) is 0 Å². The molecule has 1 saturated carbocycles. The third-order valence-electron chi connectivity index (χ3n) is 2.77. The molecule has 2 atom stereocenters. The van der Waals surface area contributed by atoms with Crippen molar-refractivity contribution >= 4 is 5.97 Å². The summed E-state index contributed by atoms with van der Waals surface area (Å²) in [5.41, 5.74) is 0. The number of nitrogens with zero attached hydrogens (tertiary/aromatic N) is 1. The van der Waals surface area contributed by atoms with Crippen LogP contribution in [0.4, 0.5) is 0 Å². The van der Waals surface area contributed by atoms with Gasteiger partial charge in [0.25, 0.3) is 0 Å². The van der Waals surface area contributed by atoms with E-state index in [1.54, 1.807) is 0 Å². The molecular weight excluding hydrogens is 154 g/mol. The van der Waals surface area contributed by atoms with E-state index in [1.165, 1.54) is 12.8 Å². The van der Waals surface area contributed by atoms with Gasteiger partial charge in [0, 0.05) is 6.04 Å². The van der Waals surface area contributed by atoms with Crippen LogP contribution in [0.25, 0.3) is 0 Å². The maximum Gasteiger partial charge on any atom is 0.317 e. The lowest BCUT2D eigenvalue weighted by Gasteiger charge is -2.25. The van der Waals surface area contributed by atoms with Crippen LogP contribution in [-0.2, 0) is 4.79 Å². The molecule has 0 spiro atoms.